The third-order valence-corrected chi connectivity index (χ3v) is 3.65. The van der Waals surface area contributed by atoms with Gasteiger partial charge in [0.25, 0.3) is 0 Å². The molecule has 1 fully saturated rings. The van der Waals surface area contributed by atoms with Gasteiger partial charge < -0.3 is 9.47 Å². The van der Waals surface area contributed by atoms with Crippen molar-refractivity contribution < 1.29 is 13.9 Å². The highest BCUT2D eigenvalue weighted by Gasteiger charge is 2.22. The van der Waals surface area contributed by atoms with Crippen molar-refractivity contribution in [3.05, 3.63) is 29.6 Å². The maximum Gasteiger partial charge on any atom is 0.165 e. The molecule has 1 aromatic carbocycles. The Labute approximate surface area is 102 Å². The number of halogens is 1. The van der Waals surface area contributed by atoms with E-state index in [-0.39, 0.29) is 5.82 Å². The van der Waals surface area contributed by atoms with Crippen molar-refractivity contribution in [3.8, 4) is 5.75 Å². The van der Waals surface area contributed by atoms with Crippen LogP contribution in [-0.2, 0) is 4.74 Å². The number of benzene rings is 1. The fraction of sp³-hybridized carbons (Fsp3) is 0.571. The van der Waals surface area contributed by atoms with Gasteiger partial charge in [-0.05, 0) is 49.3 Å². The number of hydrogen-bond donors (Lipinski definition) is 0. The summed E-state index contributed by atoms with van der Waals surface area (Å²) >= 11 is 0. The summed E-state index contributed by atoms with van der Waals surface area (Å²) in [5.41, 5.74) is 1.08. The molecule has 1 aliphatic rings. The average molecular weight is 238 g/mol. The SMILES string of the molecule is COc1ccc(C2CCC(OC)CC2)cc1F. The van der Waals surface area contributed by atoms with Gasteiger partial charge >= 0.3 is 0 Å². The van der Waals surface area contributed by atoms with Gasteiger partial charge in [0, 0.05) is 7.11 Å². The molecule has 0 bridgehead atoms. The maximum absolute atomic E-state index is 13.6. The first-order valence-corrected chi connectivity index (χ1v) is 6.11. The lowest BCUT2D eigenvalue weighted by atomic mass is 9.82. The Balaban J connectivity index is 2.06. The first-order chi connectivity index (χ1) is 8.24. The summed E-state index contributed by atoms with van der Waals surface area (Å²) in [5, 5.41) is 0. The van der Waals surface area contributed by atoms with Gasteiger partial charge in [-0.15, -0.1) is 0 Å². The predicted molar refractivity (Wildman–Crippen MR) is 65.0 cm³/mol. The summed E-state index contributed by atoms with van der Waals surface area (Å²) in [7, 11) is 3.25. The Bertz CT molecular complexity index is 370. The van der Waals surface area contributed by atoms with Crippen molar-refractivity contribution in [1.29, 1.82) is 0 Å². The number of methoxy groups -OCH3 is 2. The Kier molecular flexibility index (Phi) is 4.00. The molecular formula is C14H19FO2. The quantitative estimate of drug-likeness (QED) is 0.802. The number of ether oxygens (including phenoxy) is 2. The highest BCUT2D eigenvalue weighted by atomic mass is 19.1. The molecule has 0 amide bonds. The van der Waals surface area contributed by atoms with Crippen LogP contribution in [-0.4, -0.2) is 20.3 Å². The van der Waals surface area contributed by atoms with Crippen LogP contribution in [0.5, 0.6) is 5.75 Å². The Morgan fingerprint density at radius 3 is 2.35 bits per heavy atom. The number of hydrogen-bond acceptors (Lipinski definition) is 2. The van der Waals surface area contributed by atoms with Gasteiger partial charge in [0.05, 0.1) is 13.2 Å². The molecule has 0 unspecified atom stereocenters. The van der Waals surface area contributed by atoms with Crippen LogP contribution in [0.25, 0.3) is 0 Å². The molecule has 0 heterocycles. The zero-order chi connectivity index (χ0) is 12.3. The minimum Gasteiger partial charge on any atom is -0.494 e. The summed E-state index contributed by atoms with van der Waals surface area (Å²) in [4.78, 5) is 0. The van der Waals surface area contributed by atoms with E-state index in [1.54, 1.807) is 19.2 Å². The van der Waals surface area contributed by atoms with Gasteiger partial charge in [-0.25, -0.2) is 4.39 Å². The van der Waals surface area contributed by atoms with Crippen LogP contribution in [0.2, 0.25) is 0 Å². The van der Waals surface area contributed by atoms with Crippen LogP contribution in [0.4, 0.5) is 4.39 Å². The molecule has 1 aromatic rings. The molecule has 0 N–H and O–H groups in total. The van der Waals surface area contributed by atoms with Gasteiger partial charge in [-0.3, -0.25) is 0 Å². The fourth-order valence-electron chi connectivity index (χ4n) is 2.57. The van der Waals surface area contributed by atoms with Crippen LogP contribution in [0.1, 0.15) is 37.2 Å². The maximum atomic E-state index is 13.6. The van der Waals surface area contributed by atoms with Crippen LogP contribution >= 0.6 is 0 Å². The summed E-state index contributed by atoms with van der Waals surface area (Å²) < 4.78 is 23.9. The van der Waals surface area contributed by atoms with E-state index in [1.165, 1.54) is 7.11 Å². The molecule has 0 radical (unpaired) electrons. The van der Waals surface area contributed by atoms with Gasteiger partial charge in [0.1, 0.15) is 0 Å². The molecule has 94 valence electrons. The van der Waals surface area contributed by atoms with E-state index in [0.29, 0.717) is 17.8 Å². The van der Waals surface area contributed by atoms with Crippen molar-refractivity contribution in [2.24, 2.45) is 0 Å². The van der Waals surface area contributed by atoms with E-state index in [2.05, 4.69) is 0 Å². The lowest BCUT2D eigenvalue weighted by Gasteiger charge is -2.27. The molecule has 0 aliphatic heterocycles. The average Bonchev–Trinajstić information content (AvgIpc) is 2.39. The number of rotatable bonds is 3. The topological polar surface area (TPSA) is 18.5 Å². The molecule has 1 aliphatic carbocycles. The minimum absolute atomic E-state index is 0.265. The molecule has 3 heteroatoms. The molecule has 1 saturated carbocycles. The van der Waals surface area contributed by atoms with E-state index in [4.69, 9.17) is 9.47 Å². The van der Waals surface area contributed by atoms with E-state index in [1.807, 2.05) is 6.07 Å². The molecule has 2 rings (SSSR count). The Morgan fingerprint density at radius 1 is 1.12 bits per heavy atom. The summed E-state index contributed by atoms with van der Waals surface area (Å²) in [5.74, 6) is 0.514. The monoisotopic (exact) mass is 238 g/mol. The smallest absolute Gasteiger partial charge is 0.165 e. The first-order valence-electron chi connectivity index (χ1n) is 6.11. The molecular weight excluding hydrogens is 219 g/mol. The van der Waals surface area contributed by atoms with Crippen LogP contribution in [0, 0.1) is 5.82 Å². The molecule has 0 saturated heterocycles. The molecule has 2 nitrogen and oxygen atoms in total. The van der Waals surface area contributed by atoms with Crippen molar-refractivity contribution in [1.82, 2.24) is 0 Å². The summed E-state index contributed by atoms with van der Waals surface area (Å²) in [6, 6.07) is 5.30. The molecule has 0 aromatic heterocycles. The summed E-state index contributed by atoms with van der Waals surface area (Å²) in [6.45, 7) is 0. The Hall–Kier alpha value is -1.09. The third kappa shape index (κ3) is 2.78. The van der Waals surface area contributed by atoms with E-state index in [9.17, 15) is 4.39 Å². The van der Waals surface area contributed by atoms with Gasteiger partial charge in [-0.1, -0.05) is 6.07 Å². The normalized spacial score (nSPS) is 24.6. The van der Waals surface area contributed by atoms with Gasteiger partial charge in [0.2, 0.25) is 0 Å². The second-order valence-corrected chi connectivity index (χ2v) is 4.60. The zero-order valence-electron chi connectivity index (χ0n) is 10.4. The van der Waals surface area contributed by atoms with Crippen molar-refractivity contribution in [2.45, 2.75) is 37.7 Å². The predicted octanol–water partition coefficient (Wildman–Crippen LogP) is 3.51. The van der Waals surface area contributed by atoms with Crippen molar-refractivity contribution in [2.75, 3.05) is 14.2 Å². The third-order valence-electron chi connectivity index (χ3n) is 3.65. The van der Waals surface area contributed by atoms with E-state index >= 15 is 0 Å². The lowest BCUT2D eigenvalue weighted by Crippen LogP contribution is -2.19. The van der Waals surface area contributed by atoms with Gasteiger partial charge in [0.15, 0.2) is 11.6 Å². The van der Waals surface area contributed by atoms with Crippen molar-refractivity contribution >= 4 is 0 Å². The summed E-state index contributed by atoms with van der Waals surface area (Å²) in [6.07, 6.45) is 4.66. The zero-order valence-corrected chi connectivity index (χ0v) is 10.4. The minimum atomic E-state index is -0.265. The van der Waals surface area contributed by atoms with Gasteiger partial charge in [-0.2, -0.15) is 0 Å². The lowest BCUT2D eigenvalue weighted by molar-refractivity contribution is 0.0658. The molecule has 17 heavy (non-hydrogen) atoms. The first kappa shape index (κ1) is 12.4. The van der Waals surface area contributed by atoms with E-state index in [0.717, 1.165) is 31.2 Å². The van der Waals surface area contributed by atoms with Crippen molar-refractivity contribution in [3.63, 3.8) is 0 Å². The van der Waals surface area contributed by atoms with Crippen LogP contribution in [0.3, 0.4) is 0 Å². The molecule has 0 spiro atoms. The fourth-order valence-corrected chi connectivity index (χ4v) is 2.57. The highest BCUT2D eigenvalue weighted by molar-refractivity contribution is 5.31. The van der Waals surface area contributed by atoms with Crippen LogP contribution in [0.15, 0.2) is 18.2 Å². The second kappa shape index (κ2) is 5.50. The van der Waals surface area contributed by atoms with Crippen LogP contribution < -0.4 is 4.74 Å². The molecule has 0 atom stereocenters. The standard InChI is InChI=1S/C14H19FO2/c1-16-12-6-3-10(4-7-12)11-5-8-14(17-2)13(15)9-11/h5,8-10,12H,3-4,6-7H2,1-2H3. The van der Waals surface area contributed by atoms with E-state index < -0.39 is 0 Å². The largest absolute Gasteiger partial charge is 0.494 e. The second-order valence-electron chi connectivity index (χ2n) is 4.60. The Morgan fingerprint density at radius 2 is 1.82 bits per heavy atom. The highest BCUT2D eigenvalue weighted by Crippen LogP contribution is 2.35.